The molecule has 1 heterocycles. The molecule has 1 aromatic rings. The topological polar surface area (TPSA) is 50.9 Å². The van der Waals surface area contributed by atoms with Crippen LogP contribution in [-0.4, -0.2) is 23.6 Å². The van der Waals surface area contributed by atoms with E-state index in [9.17, 15) is 22.0 Å². The first-order valence-electron chi connectivity index (χ1n) is 4.54. The Morgan fingerprint density at radius 2 is 1.88 bits per heavy atom. The van der Waals surface area contributed by atoms with Crippen molar-refractivity contribution >= 4 is 11.5 Å². The van der Waals surface area contributed by atoms with E-state index in [1.165, 1.54) is 13.0 Å². The normalized spacial score (nSPS) is 12.6. The Morgan fingerprint density at radius 1 is 1.29 bits per heavy atom. The van der Waals surface area contributed by atoms with E-state index in [4.69, 9.17) is 5.73 Å². The minimum Gasteiger partial charge on any atom is -0.384 e. The third-order valence-electron chi connectivity index (χ3n) is 2.05. The number of aryl methyl sites for hydroxylation is 1. The number of anilines is 2. The van der Waals surface area contributed by atoms with Gasteiger partial charge in [-0.2, -0.15) is 22.0 Å². The van der Waals surface area contributed by atoms with Crippen molar-refractivity contribution in [1.29, 1.82) is 0 Å². The van der Waals surface area contributed by atoms with E-state index >= 15 is 0 Å². The van der Waals surface area contributed by atoms with Gasteiger partial charge in [-0.25, -0.2) is 4.98 Å². The molecule has 0 aliphatic heterocycles. The maximum atomic E-state index is 12.6. The van der Waals surface area contributed by atoms with Crippen LogP contribution in [0.5, 0.6) is 0 Å². The molecule has 96 valence electrons. The van der Waals surface area contributed by atoms with Gasteiger partial charge in [0.25, 0.3) is 0 Å². The number of halogens is 5. The zero-order chi connectivity index (χ0) is 13.3. The van der Waals surface area contributed by atoms with Gasteiger partial charge in [-0.15, -0.1) is 0 Å². The Hall–Kier alpha value is -1.60. The molecule has 0 aromatic carbocycles. The Balaban J connectivity index is 2.74. The standard InChI is InChI=1S/C9H10F5N3/c1-5-2-7(15)16-3-6(5)17-4-8(10,11)9(12,13)14/h2-3,17H,4H2,1H3,(H2,15,16). The average Bonchev–Trinajstić information content (AvgIpc) is 2.14. The molecule has 0 fully saturated rings. The van der Waals surface area contributed by atoms with Gasteiger partial charge in [-0.1, -0.05) is 0 Å². The monoisotopic (exact) mass is 255 g/mol. The first kappa shape index (κ1) is 13.5. The lowest BCUT2D eigenvalue weighted by Gasteiger charge is -2.20. The van der Waals surface area contributed by atoms with Crippen LogP contribution in [0.1, 0.15) is 5.56 Å². The maximum Gasteiger partial charge on any atom is 0.455 e. The number of hydrogen-bond donors (Lipinski definition) is 2. The zero-order valence-corrected chi connectivity index (χ0v) is 8.78. The Bertz CT molecular complexity index is 402. The minimum absolute atomic E-state index is 0.0862. The molecule has 0 aliphatic rings. The molecule has 17 heavy (non-hydrogen) atoms. The summed E-state index contributed by atoms with van der Waals surface area (Å²) in [5, 5.41) is 2.00. The van der Waals surface area contributed by atoms with Crippen LogP contribution < -0.4 is 11.1 Å². The van der Waals surface area contributed by atoms with Crippen LogP contribution in [0.15, 0.2) is 12.3 Å². The van der Waals surface area contributed by atoms with Gasteiger partial charge in [-0.05, 0) is 18.6 Å². The molecule has 0 radical (unpaired) electrons. The number of nitrogens with one attached hydrogen (secondary N) is 1. The van der Waals surface area contributed by atoms with E-state index in [1.807, 2.05) is 5.32 Å². The maximum absolute atomic E-state index is 12.6. The van der Waals surface area contributed by atoms with Gasteiger partial charge in [0.1, 0.15) is 5.82 Å². The van der Waals surface area contributed by atoms with Gasteiger partial charge >= 0.3 is 12.1 Å². The van der Waals surface area contributed by atoms with Crippen molar-refractivity contribution in [3.05, 3.63) is 17.8 Å². The summed E-state index contributed by atoms with van der Waals surface area (Å²) >= 11 is 0. The minimum atomic E-state index is -5.57. The molecule has 8 heteroatoms. The lowest BCUT2D eigenvalue weighted by atomic mass is 10.2. The molecule has 3 N–H and O–H groups in total. The van der Waals surface area contributed by atoms with E-state index in [-0.39, 0.29) is 11.5 Å². The highest BCUT2D eigenvalue weighted by molar-refractivity contribution is 5.52. The van der Waals surface area contributed by atoms with Crippen molar-refractivity contribution in [1.82, 2.24) is 4.98 Å². The third-order valence-corrected chi connectivity index (χ3v) is 2.05. The second-order valence-electron chi connectivity index (χ2n) is 3.48. The van der Waals surface area contributed by atoms with Crippen LogP contribution in [0.4, 0.5) is 33.5 Å². The largest absolute Gasteiger partial charge is 0.455 e. The van der Waals surface area contributed by atoms with Gasteiger partial charge in [0, 0.05) is 0 Å². The molecule has 1 rings (SSSR count). The van der Waals surface area contributed by atoms with E-state index < -0.39 is 18.6 Å². The lowest BCUT2D eigenvalue weighted by Crippen LogP contribution is -2.42. The first-order valence-corrected chi connectivity index (χ1v) is 4.54. The predicted molar refractivity (Wildman–Crippen MR) is 52.9 cm³/mol. The fourth-order valence-corrected chi connectivity index (χ4v) is 1.07. The van der Waals surface area contributed by atoms with Crippen LogP contribution in [0, 0.1) is 6.92 Å². The SMILES string of the molecule is Cc1cc(N)ncc1NCC(F)(F)C(F)(F)F. The number of aromatic nitrogens is 1. The molecule has 0 bridgehead atoms. The number of alkyl halides is 5. The van der Waals surface area contributed by atoms with Gasteiger partial charge in [0.15, 0.2) is 0 Å². The predicted octanol–water partition coefficient (Wildman–Crippen LogP) is 2.58. The van der Waals surface area contributed by atoms with Gasteiger partial charge in [0.05, 0.1) is 18.4 Å². The summed E-state index contributed by atoms with van der Waals surface area (Å²) in [6.45, 7) is -0.0188. The zero-order valence-electron chi connectivity index (χ0n) is 8.78. The summed E-state index contributed by atoms with van der Waals surface area (Å²) in [6, 6.07) is 1.37. The summed E-state index contributed by atoms with van der Waals surface area (Å²) < 4.78 is 60.8. The van der Waals surface area contributed by atoms with Crippen LogP contribution in [-0.2, 0) is 0 Å². The number of rotatable bonds is 3. The van der Waals surface area contributed by atoms with Gasteiger partial charge < -0.3 is 11.1 Å². The summed E-state index contributed by atoms with van der Waals surface area (Å²) in [4.78, 5) is 3.59. The van der Waals surface area contributed by atoms with Crippen LogP contribution in [0.3, 0.4) is 0 Å². The highest BCUT2D eigenvalue weighted by atomic mass is 19.4. The van der Waals surface area contributed by atoms with Crippen molar-refractivity contribution in [3.8, 4) is 0 Å². The molecule has 0 atom stereocenters. The molecule has 0 unspecified atom stereocenters. The molecule has 3 nitrogen and oxygen atoms in total. The third kappa shape index (κ3) is 3.18. The van der Waals surface area contributed by atoms with Crippen molar-refractivity contribution in [2.45, 2.75) is 19.0 Å². The Kier molecular flexibility index (Phi) is 3.44. The summed E-state index contributed by atoms with van der Waals surface area (Å²) in [5.74, 6) is -4.63. The molecule has 1 aromatic heterocycles. The lowest BCUT2D eigenvalue weighted by molar-refractivity contribution is -0.275. The molecular formula is C9H10F5N3. The average molecular weight is 255 g/mol. The second kappa shape index (κ2) is 4.34. The Labute approximate surface area is 93.8 Å². The highest BCUT2D eigenvalue weighted by Gasteiger charge is 2.57. The molecule has 0 aliphatic carbocycles. The van der Waals surface area contributed by atoms with Crippen molar-refractivity contribution < 1.29 is 22.0 Å². The number of nitrogen functional groups attached to an aromatic ring is 1. The molecule has 0 amide bonds. The molecular weight excluding hydrogens is 245 g/mol. The highest BCUT2D eigenvalue weighted by Crippen LogP contribution is 2.35. The summed E-state index contributed by atoms with van der Waals surface area (Å²) in [7, 11) is 0. The first-order chi connectivity index (χ1) is 7.63. The fraction of sp³-hybridized carbons (Fsp3) is 0.444. The molecule has 0 saturated carbocycles. The van der Waals surface area contributed by atoms with E-state index in [0.29, 0.717) is 5.56 Å². The van der Waals surface area contributed by atoms with Gasteiger partial charge in [-0.3, -0.25) is 0 Å². The van der Waals surface area contributed by atoms with Crippen molar-refractivity contribution in [2.24, 2.45) is 0 Å². The molecule has 0 saturated heterocycles. The number of nitrogens with zero attached hydrogens (tertiary/aromatic N) is 1. The van der Waals surface area contributed by atoms with E-state index in [0.717, 1.165) is 6.20 Å². The Morgan fingerprint density at radius 3 is 2.35 bits per heavy atom. The number of pyridine rings is 1. The second-order valence-corrected chi connectivity index (χ2v) is 3.48. The van der Waals surface area contributed by atoms with Crippen LogP contribution in [0.25, 0.3) is 0 Å². The van der Waals surface area contributed by atoms with E-state index in [1.54, 1.807) is 0 Å². The van der Waals surface area contributed by atoms with Crippen LogP contribution >= 0.6 is 0 Å². The van der Waals surface area contributed by atoms with Crippen molar-refractivity contribution in [2.75, 3.05) is 17.6 Å². The number of nitrogens with two attached hydrogens (primary N) is 1. The number of hydrogen-bond acceptors (Lipinski definition) is 3. The van der Waals surface area contributed by atoms with Gasteiger partial charge in [0.2, 0.25) is 0 Å². The summed E-state index contributed by atoms with van der Waals surface area (Å²) in [5.41, 5.74) is 5.84. The van der Waals surface area contributed by atoms with Crippen molar-refractivity contribution in [3.63, 3.8) is 0 Å². The fourth-order valence-electron chi connectivity index (χ4n) is 1.07. The smallest absolute Gasteiger partial charge is 0.384 e. The molecule has 0 spiro atoms. The summed E-state index contributed by atoms with van der Waals surface area (Å²) in [6.07, 6.45) is -4.47. The van der Waals surface area contributed by atoms with Crippen LogP contribution in [0.2, 0.25) is 0 Å². The quantitative estimate of drug-likeness (QED) is 0.816. The van der Waals surface area contributed by atoms with E-state index in [2.05, 4.69) is 4.98 Å².